The molecule has 0 saturated carbocycles. The van der Waals surface area contributed by atoms with E-state index in [0.29, 0.717) is 5.56 Å². The molecule has 3 aromatic carbocycles. The van der Waals surface area contributed by atoms with Crippen molar-refractivity contribution in [2.45, 2.75) is 0 Å². The van der Waals surface area contributed by atoms with E-state index in [1.54, 1.807) is 42.5 Å². The predicted molar refractivity (Wildman–Crippen MR) is 102 cm³/mol. The molecule has 1 aliphatic rings. The van der Waals surface area contributed by atoms with E-state index in [9.17, 15) is 14.0 Å². The van der Waals surface area contributed by atoms with Crippen molar-refractivity contribution in [1.29, 1.82) is 0 Å². The average Bonchev–Trinajstić information content (AvgIpc) is 2.99. The van der Waals surface area contributed by atoms with Crippen LogP contribution in [0.15, 0.2) is 72.5 Å². The van der Waals surface area contributed by atoms with Gasteiger partial charge in [-0.3, -0.25) is 4.79 Å². The Morgan fingerprint density at radius 3 is 2.57 bits per heavy atom. The molecule has 138 valence electrons. The summed E-state index contributed by atoms with van der Waals surface area (Å²) >= 11 is 6.00. The van der Waals surface area contributed by atoms with Gasteiger partial charge < -0.3 is 9.47 Å². The highest BCUT2D eigenvalue weighted by Crippen LogP contribution is 2.35. The van der Waals surface area contributed by atoms with Crippen LogP contribution in [0, 0.1) is 5.82 Å². The molecule has 0 N–H and O–H groups in total. The van der Waals surface area contributed by atoms with Crippen molar-refractivity contribution in [3.05, 3.63) is 100 Å². The van der Waals surface area contributed by atoms with Crippen molar-refractivity contribution in [1.82, 2.24) is 0 Å². The third kappa shape index (κ3) is 3.40. The molecule has 1 aliphatic heterocycles. The second-order valence-corrected chi connectivity index (χ2v) is 6.40. The lowest BCUT2D eigenvalue weighted by Gasteiger charge is -2.06. The molecule has 0 radical (unpaired) electrons. The Labute approximate surface area is 164 Å². The highest BCUT2D eigenvalue weighted by Gasteiger charge is 2.28. The summed E-state index contributed by atoms with van der Waals surface area (Å²) in [5.41, 5.74) is 0.769. The number of Topliss-reactive ketones (excluding diaryl/α,β-unsaturated/α-hetero) is 1. The molecular formula is C22H12ClFO4. The molecular weight excluding hydrogens is 383 g/mol. The van der Waals surface area contributed by atoms with Crippen LogP contribution in [0.2, 0.25) is 5.02 Å². The Kier molecular flexibility index (Phi) is 4.67. The number of allylic oxidation sites excluding steroid dienone is 1. The molecule has 0 aliphatic carbocycles. The molecule has 0 aromatic heterocycles. The number of halogens is 2. The van der Waals surface area contributed by atoms with Crippen LogP contribution in [-0.2, 0) is 0 Å². The monoisotopic (exact) mass is 394 g/mol. The quantitative estimate of drug-likeness (QED) is 0.343. The minimum Gasteiger partial charge on any atom is -0.452 e. The number of esters is 1. The van der Waals surface area contributed by atoms with E-state index < -0.39 is 11.8 Å². The lowest BCUT2D eigenvalue weighted by molar-refractivity contribution is 0.0734. The van der Waals surface area contributed by atoms with Gasteiger partial charge in [0.25, 0.3) is 0 Å². The van der Waals surface area contributed by atoms with Crippen molar-refractivity contribution in [3.8, 4) is 11.5 Å². The zero-order chi connectivity index (χ0) is 19.7. The summed E-state index contributed by atoms with van der Waals surface area (Å²) in [5.74, 6) is -1.04. The molecule has 0 saturated heterocycles. The Morgan fingerprint density at radius 1 is 1.04 bits per heavy atom. The molecule has 4 nitrogen and oxygen atoms in total. The molecule has 0 spiro atoms. The highest BCUT2D eigenvalue weighted by molar-refractivity contribution is 6.33. The SMILES string of the molecule is O=C(Oc1ccc2c(c1)O/C(=C\c1ccccc1F)C2=O)c1ccccc1Cl. The van der Waals surface area contributed by atoms with E-state index in [2.05, 4.69) is 0 Å². The maximum atomic E-state index is 13.8. The number of fused-ring (bicyclic) bond motifs is 1. The van der Waals surface area contributed by atoms with Gasteiger partial charge in [-0.05, 0) is 36.4 Å². The molecule has 1 heterocycles. The second kappa shape index (κ2) is 7.29. The van der Waals surface area contributed by atoms with Gasteiger partial charge >= 0.3 is 5.97 Å². The van der Waals surface area contributed by atoms with Crippen LogP contribution >= 0.6 is 11.6 Å². The molecule has 0 unspecified atom stereocenters. The summed E-state index contributed by atoms with van der Waals surface area (Å²) in [7, 11) is 0. The summed E-state index contributed by atoms with van der Waals surface area (Å²) in [6, 6.07) is 17.0. The first kappa shape index (κ1) is 17.9. The molecule has 0 atom stereocenters. The standard InChI is InChI=1S/C22H12ClFO4/c23-17-7-3-2-6-15(17)22(26)27-14-9-10-16-19(12-14)28-20(21(16)25)11-13-5-1-4-8-18(13)24/h1-12H/b20-11-. The van der Waals surface area contributed by atoms with E-state index in [4.69, 9.17) is 21.1 Å². The lowest BCUT2D eigenvalue weighted by Crippen LogP contribution is -2.09. The van der Waals surface area contributed by atoms with E-state index in [0.717, 1.165) is 0 Å². The third-order valence-corrected chi connectivity index (χ3v) is 4.47. The molecule has 3 aromatic rings. The molecule has 0 amide bonds. The van der Waals surface area contributed by atoms with Crippen LogP contribution in [0.4, 0.5) is 4.39 Å². The van der Waals surface area contributed by atoms with Gasteiger partial charge in [0.2, 0.25) is 5.78 Å². The van der Waals surface area contributed by atoms with Gasteiger partial charge in [-0.25, -0.2) is 9.18 Å². The van der Waals surface area contributed by atoms with Crippen molar-refractivity contribution in [2.75, 3.05) is 0 Å². The number of ketones is 1. The van der Waals surface area contributed by atoms with Crippen LogP contribution < -0.4 is 9.47 Å². The maximum Gasteiger partial charge on any atom is 0.345 e. The summed E-state index contributed by atoms with van der Waals surface area (Å²) in [6.07, 6.45) is 1.34. The van der Waals surface area contributed by atoms with Crippen molar-refractivity contribution in [2.24, 2.45) is 0 Å². The fourth-order valence-corrected chi connectivity index (χ4v) is 2.97. The number of hydrogen-bond donors (Lipinski definition) is 0. The predicted octanol–water partition coefficient (Wildman–Crippen LogP) is 5.31. The zero-order valence-electron chi connectivity index (χ0n) is 14.3. The number of hydrogen-bond acceptors (Lipinski definition) is 4. The molecule has 6 heteroatoms. The van der Waals surface area contributed by atoms with Crippen LogP contribution in [-0.4, -0.2) is 11.8 Å². The van der Waals surface area contributed by atoms with Gasteiger partial charge in [0.15, 0.2) is 5.76 Å². The maximum absolute atomic E-state index is 13.8. The van der Waals surface area contributed by atoms with Crippen molar-refractivity contribution >= 4 is 29.4 Å². The fraction of sp³-hybridized carbons (Fsp3) is 0. The van der Waals surface area contributed by atoms with E-state index in [1.165, 1.54) is 30.3 Å². The molecule has 0 fully saturated rings. The summed E-state index contributed by atoms with van der Waals surface area (Å²) in [4.78, 5) is 24.7. The zero-order valence-corrected chi connectivity index (χ0v) is 15.1. The molecule has 0 bridgehead atoms. The van der Waals surface area contributed by atoms with Gasteiger partial charge in [-0.15, -0.1) is 0 Å². The minimum absolute atomic E-state index is 0.00493. The first-order valence-corrected chi connectivity index (χ1v) is 8.70. The minimum atomic E-state index is -0.628. The van der Waals surface area contributed by atoms with E-state index in [1.807, 2.05) is 0 Å². The Bertz CT molecular complexity index is 1140. The van der Waals surface area contributed by atoms with E-state index >= 15 is 0 Å². The highest BCUT2D eigenvalue weighted by atomic mass is 35.5. The van der Waals surface area contributed by atoms with Crippen LogP contribution in [0.1, 0.15) is 26.3 Å². The van der Waals surface area contributed by atoms with Gasteiger partial charge in [-0.2, -0.15) is 0 Å². The number of carbonyl (C=O) groups excluding carboxylic acids is 2. The number of carbonyl (C=O) groups is 2. The first-order valence-electron chi connectivity index (χ1n) is 8.32. The van der Waals surface area contributed by atoms with E-state index in [-0.39, 0.29) is 39.2 Å². The van der Waals surface area contributed by atoms with Crippen LogP contribution in [0.3, 0.4) is 0 Å². The number of benzene rings is 3. The normalized spacial score (nSPS) is 13.9. The largest absolute Gasteiger partial charge is 0.452 e. The van der Waals surface area contributed by atoms with Gasteiger partial charge in [0.1, 0.15) is 17.3 Å². The fourth-order valence-electron chi connectivity index (χ4n) is 2.75. The number of ether oxygens (including phenoxy) is 2. The summed E-state index contributed by atoms with van der Waals surface area (Å²) in [5, 5.41) is 0.273. The smallest absolute Gasteiger partial charge is 0.345 e. The Balaban J connectivity index is 1.58. The Morgan fingerprint density at radius 2 is 1.79 bits per heavy atom. The lowest BCUT2D eigenvalue weighted by atomic mass is 10.1. The number of rotatable bonds is 3. The van der Waals surface area contributed by atoms with Gasteiger partial charge in [0.05, 0.1) is 16.1 Å². The molecule has 28 heavy (non-hydrogen) atoms. The Hall–Kier alpha value is -3.44. The van der Waals surface area contributed by atoms with Crippen LogP contribution in [0.5, 0.6) is 11.5 Å². The summed E-state index contributed by atoms with van der Waals surface area (Å²) in [6.45, 7) is 0. The van der Waals surface area contributed by atoms with Crippen molar-refractivity contribution < 1.29 is 23.5 Å². The topological polar surface area (TPSA) is 52.6 Å². The van der Waals surface area contributed by atoms with Gasteiger partial charge in [-0.1, -0.05) is 41.9 Å². The third-order valence-electron chi connectivity index (χ3n) is 4.14. The average molecular weight is 395 g/mol. The second-order valence-electron chi connectivity index (χ2n) is 5.99. The summed E-state index contributed by atoms with van der Waals surface area (Å²) < 4.78 is 24.7. The molecule has 4 rings (SSSR count). The van der Waals surface area contributed by atoms with Gasteiger partial charge in [0, 0.05) is 11.6 Å². The van der Waals surface area contributed by atoms with Crippen LogP contribution in [0.25, 0.3) is 6.08 Å². The first-order chi connectivity index (χ1) is 13.5. The van der Waals surface area contributed by atoms with Crippen molar-refractivity contribution in [3.63, 3.8) is 0 Å².